The van der Waals surface area contributed by atoms with E-state index in [1.165, 1.54) is 11.3 Å². The molecule has 0 saturated carbocycles. The molecule has 0 aliphatic carbocycles. The molecule has 0 fully saturated rings. The van der Waals surface area contributed by atoms with E-state index in [1.807, 2.05) is 54.8 Å². The number of aromatic nitrogens is 1. The van der Waals surface area contributed by atoms with E-state index in [9.17, 15) is 9.59 Å². The number of amides is 2. The van der Waals surface area contributed by atoms with Crippen LogP contribution in [-0.4, -0.2) is 23.4 Å². The largest absolute Gasteiger partial charge is 0.484 e. The third kappa shape index (κ3) is 5.65. The number of ether oxygens (including phenoxy) is 1. The number of benzene rings is 2. The van der Waals surface area contributed by atoms with Crippen molar-refractivity contribution in [3.8, 4) is 16.3 Å². The maximum absolute atomic E-state index is 12.0. The van der Waals surface area contributed by atoms with Gasteiger partial charge in [-0.25, -0.2) is 4.98 Å². The average Bonchev–Trinajstić information content (AvgIpc) is 3.15. The van der Waals surface area contributed by atoms with Gasteiger partial charge in [0.15, 0.2) is 6.61 Å². The van der Waals surface area contributed by atoms with Crippen molar-refractivity contribution in [2.75, 3.05) is 6.61 Å². The van der Waals surface area contributed by atoms with Gasteiger partial charge >= 0.3 is 0 Å². The molecule has 0 atom stereocenters. The number of nitrogens with one attached hydrogen (secondary N) is 2. The van der Waals surface area contributed by atoms with E-state index >= 15 is 0 Å². The summed E-state index contributed by atoms with van der Waals surface area (Å²) < 4.78 is 5.35. The lowest BCUT2D eigenvalue weighted by Gasteiger charge is -2.08. The van der Waals surface area contributed by atoms with Crippen molar-refractivity contribution in [3.05, 3.63) is 71.2 Å². The fourth-order valence-corrected chi connectivity index (χ4v) is 3.09. The molecule has 0 radical (unpaired) electrons. The van der Waals surface area contributed by atoms with Crippen LogP contribution in [0.5, 0.6) is 5.75 Å². The van der Waals surface area contributed by atoms with Crippen LogP contribution in [-0.2, 0) is 16.0 Å². The molecule has 3 rings (SSSR count). The Balaban J connectivity index is 1.42. The number of hydrogen-bond donors (Lipinski definition) is 2. The van der Waals surface area contributed by atoms with Gasteiger partial charge in [-0.2, -0.15) is 0 Å². The summed E-state index contributed by atoms with van der Waals surface area (Å²) >= 11 is 1.48. The number of carbonyl (C=O) groups excluding carboxylic acids is 2. The minimum absolute atomic E-state index is 0.0857. The van der Waals surface area contributed by atoms with E-state index in [0.717, 1.165) is 16.1 Å². The molecule has 2 aromatic carbocycles. The first kappa shape index (κ1) is 18.6. The number of thiazole rings is 1. The van der Waals surface area contributed by atoms with E-state index in [-0.39, 0.29) is 18.9 Å². The molecule has 2 amide bonds. The number of nitrogens with zero attached hydrogens (tertiary/aromatic N) is 1. The lowest BCUT2D eigenvalue weighted by atomic mass is 10.2. The average molecular weight is 381 g/mol. The van der Waals surface area contributed by atoms with Gasteiger partial charge in [0, 0.05) is 10.9 Å². The smallest absolute Gasteiger partial charge is 0.276 e. The predicted molar refractivity (Wildman–Crippen MR) is 104 cm³/mol. The second-order valence-corrected chi connectivity index (χ2v) is 6.74. The highest BCUT2D eigenvalue weighted by Gasteiger charge is 2.10. The fraction of sp³-hybridized carbons (Fsp3) is 0.150. The SMILES string of the molecule is Cc1ccc(OCC(=O)NNC(=O)Cc2csc(-c3ccccc3)n2)cc1. The van der Waals surface area contributed by atoms with Gasteiger partial charge in [-0.1, -0.05) is 48.0 Å². The molecule has 0 saturated heterocycles. The van der Waals surface area contributed by atoms with Crippen LogP contribution in [0.25, 0.3) is 10.6 Å². The van der Waals surface area contributed by atoms with Gasteiger partial charge in [0.25, 0.3) is 5.91 Å². The summed E-state index contributed by atoms with van der Waals surface area (Å²) in [4.78, 5) is 28.2. The van der Waals surface area contributed by atoms with Gasteiger partial charge in [0.1, 0.15) is 10.8 Å². The molecular formula is C20H19N3O3S. The molecule has 1 heterocycles. The Kier molecular flexibility index (Phi) is 6.17. The Labute approximate surface area is 161 Å². The van der Waals surface area contributed by atoms with Crippen LogP contribution >= 0.6 is 11.3 Å². The zero-order valence-corrected chi connectivity index (χ0v) is 15.6. The molecule has 6 nitrogen and oxygen atoms in total. The molecule has 0 unspecified atom stereocenters. The molecule has 0 bridgehead atoms. The van der Waals surface area contributed by atoms with Crippen LogP contribution in [0, 0.1) is 6.92 Å². The van der Waals surface area contributed by atoms with Crippen molar-refractivity contribution in [2.45, 2.75) is 13.3 Å². The van der Waals surface area contributed by atoms with Gasteiger partial charge in [-0.15, -0.1) is 11.3 Å². The van der Waals surface area contributed by atoms with Crippen molar-refractivity contribution in [1.82, 2.24) is 15.8 Å². The van der Waals surface area contributed by atoms with Crippen LogP contribution in [0.3, 0.4) is 0 Å². The summed E-state index contributed by atoms with van der Waals surface area (Å²) in [6.45, 7) is 1.79. The fourth-order valence-electron chi connectivity index (χ4n) is 2.27. The number of rotatable bonds is 6. The van der Waals surface area contributed by atoms with Crippen molar-refractivity contribution >= 4 is 23.2 Å². The summed E-state index contributed by atoms with van der Waals surface area (Å²) in [6, 6.07) is 17.1. The molecule has 0 spiro atoms. The number of hydrogen-bond acceptors (Lipinski definition) is 5. The highest BCUT2D eigenvalue weighted by Crippen LogP contribution is 2.23. The van der Waals surface area contributed by atoms with E-state index in [0.29, 0.717) is 11.4 Å². The molecule has 138 valence electrons. The third-order valence-corrected chi connectivity index (χ3v) is 4.59. The summed E-state index contributed by atoms with van der Waals surface area (Å²) in [5.74, 6) is -0.186. The highest BCUT2D eigenvalue weighted by molar-refractivity contribution is 7.13. The first-order valence-corrected chi connectivity index (χ1v) is 9.25. The first-order valence-electron chi connectivity index (χ1n) is 8.37. The van der Waals surface area contributed by atoms with Crippen LogP contribution in [0.15, 0.2) is 60.0 Å². The van der Waals surface area contributed by atoms with E-state index in [1.54, 1.807) is 12.1 Å². The van der Waals surface area contributed by atoms with E-state index < -0.39 is 5.91 Å². The van der Waals surface area contributed by atoms with Crippen molar-refractivity contribution in [2.24, 2.45) is 0 Å². The Hall–Kier alpha value is -3.19. The topological polar surface area (TPSA) is 80.3 Å². The number of hydrazine groups is 1. The van der Waals surface area contributed by atoms with Crippen molar-refractivity contribution in [3.63, 3.8) is 0 Å². The summed E-state index contributed by atoms with van der Waals surface area (Å²) in [6.07, 6.45) is 0.0857. The second-order valence-electron chi connectivity index (χ2n) is 5.88. The molecule has 0 aliphatic rings. The van der Waals surface area contributed by atoms with Crippen molar-refractivity contribution < 1.29 is 14.3 Å². The zero-order chi connectivity index (χ0) is 19.1. The Morgan fingerprint density at radius 2 is 1.70 bits per heavy atom. The maximum Gasteiger partial charge on any atom is 0.276 e. The zero-order valence-electron chi connectivity index (χ0n) is 14.8. The van der Waals surface area contributed by atoms with Gasteiger partial charge in [0.2, 0.25) is 5.91 Å². The number of carbonyl (C=O) groups is 2. The standard InChI is InChI=1S/C20H19N3O3S/c1-14-7-9-17(10-8-14)26-12-19(25)23-22-18(24)11-16-13-27-20(21-16)15-5-3-2-4-6-15/h2-10,13H,11-12H2,1H3,(H,22,24)(H,23,25). The van der Waals surface area contributed by atoms with E-state index in [4.69, 9.17) is 4.74 Å². The van der Waals surface area contributed by atoms with Crippen LogP contribution < -0.4 is 15.6 Å². The van der Waals surface area contributed by atoms with Crippen molar-refractivity contribution in [1.29, 1.82) is 0 Å². The Morgan fingerprint density at radius 1 is 1.00 bits per heavy atom. The van der Waals surface area contributed by atoms with Gasteiger partial charge in [0.05, 0.1) is 12.1 Å². The minimum Gasteiger partial charge on any atom is -0.484 e. The lowest BCUT2D eigenvalue weighted by Crippen LogP contribution is -2.44. The van der Waals surface area contributed by atoms with Gasteiger partial charge in [-0.3, -0.25) is 20.4 Å². The summed E-state index contributed by atoms with van der Waals surface area (Å²) in [5.41, 5.74) is 7.48. The second kappa shape index (κ2) is 8.95. The predicted octanol–water partition coefficient (Wildman–Crippen LogP) is 2.89. The molecule has 2 N–H and O–H groups in total. The quantitative estimate of drug-likeness (QED) is 0.644. The lowest BCUT2D eigenvalue weighted by molar-refractivity contribution is -0.129. The van der Waals surface area contributed by atoms with Gasteiger partial charge < -0.3 is 4.74 Å². The summed E-state index contributed by atoms with van der Waals surface area (Å²) in [7, 11) is 0. The molecule has 1 aromatic heterocycles. The van der Waals surface area contributed by atoms with Crippen LogP contribution in [0.1, 0.15) is 11.3 Å². The maximum atomic E-state index is 12.0. The highest BCUT2D eigenvalue weighted by atomic mass is 32.1. The Bertz CT molecular complexity index is 908. The van der Waals surface area contributed by atoms with Gasteiger partial charge in [-0.05, 0) is 19.1 Å². The minimum atomic E-state index is -0.438. The first-order chi connectivity index (χ1) is 13.1. The van der Waals surface area contributed by atoms with Crippen LogP contribution in [0.4, 0.5) is 0 Å². The van der Waals surface area contributed by atoms with E-state index in [2.05, 4.69) is 15.8 Å². The Morgan fingerprint density at radius 3 is 2.44 bits per heavy atom. The molecule has 27 heavy (non-hydrogen) atoms. The van der Waals surface area contributed by atoms with Crippen LogP contribution in [0.2, 0.25) is 0 Å². The summed E-state index contributed by atoms with van der Waals surface area (Å²) in [5, 5.41) is 2.69. The molecule has 7 heteroatoms. The molecular weight excluding hydrogens is 362 g/mol. The third-order valence-electron chi connectivity index (χ3n) is 3.65. The number of aryl methyl sites for hydroxylation is 1. The molecule has 0 aliphatic heterocycles. The monoisotopic (exact) mass is 381 g/mol. The molecule has 3 aromatic rings. The normalized spacial score (nSPS) is 10.3.